The van der Waals surface area contributed by atoms with Crippen molar-refractivity contribution in [1.29, 1.82) is 0 Å². The summed E-state index contributed by atoms with van der Waals surface area (Å²) < 4.78 is 0. The van der Waals surface area contributed by atoms with Crippen molar-refractivity contribution in [3.05, 3.63) is 48.0 Å². The van der Waals surface area contributed by atoms with Crippen molar-refractivity contribution in [2.45, 2.75) is 83.6 Å². The first kappa shape index (κ1) is 19.0. The molecule has 0 aliphatic rings. The molecule has 24 heavy (non-hydrogen) atoms. The minimum Gasteiger partial charge on any atom is -0.324 e. The Morgan fingerprint density at radius 3 is 2.00 bits per heavy atom. The summed E-state index contributed by atoms with van der Waals surface area (Å²) in [5.41, 5.74) is 7.78. The van der Waals surface area contributed by atoms with E-state index in [4.69, 9.17) is 5.73 Å². The molecule has 0 aromatic heterocycles. The van der Waals surface area contributed by atoms with Crippen LogP contribution < -0.4 is 5.73 Å². The highest BCUT2D eigenvalue weighted by molar-refractivity contribution is 5.86. The first-order chi connectivity index (χ1) is 11.8. The van der Waals surface area contributed by atoms with E-state index >= 15 is 0 Å². The van der Waals surface area contributed by atoms with E-state index in [1.165, 1.54) is 80.5 Å². The van der Waals surface area contributed by atoms with Crippen LogP contribution in [0.25, 0.3) is 10.8 Å². The summed E-state index contributed by atoms with van der Waals surface area (Å²) in [6.07, 6.45) is 14.9. The first-order valence-electron chi connectivity index (χ1n) is 10.1. The molecule has 0 heterocycles. The topological polar surface area (TPSA) is 26.0 Å². The summed E-state index contributed by atoms with van der Waals surface area (Å²) in [4.78, 5) is 0. The first-order valence-corrected chi connectivity index (χ1v) is 10.1. The Labute approximate surface area is 148 Å². The smallest absolute Gasteiger partial charge is 0.0301 e. The van der Waals surface area contributed by atoms with Gasteiger partial charge in [0.25, 0.3) is 0 Å². The Morgan fingerprint density at radius 2 is 1.29 bits per heavy atom. The molecule has 0 aliphatic carbocycles. The predicted octanol–water partition coefficient (Wildman–Crippen LogP) is 7.15. The summed E-state index contributed by atoms with van der Waals surface area (Å²) in [7, 11) is 0. The zero-order chi connectivity index (χ0) is 17.0. The van der Waals surface area contributed by atoms with Gasteiger partial charge in [-0.15, -0.1) is 0 Å². The molecular formula is C23H35N. The van der Waals surface area contributed by atoms with Gasteiger partial charge in [-0.05, 0) is 22.8 Å². The third-order valence-electron chi connectivity index (χ3n) is 5.09. The molecule has 0 amide bonds. The summed E-state index contributed by atoms with van der Waals surface area (Å²) in [6.45, 7) is 2.28. The highest BCUT2D eigenvalue weighted by atomic mass is 14.6. The summed E-state index contributed by atoms with van der Waals surface area (Å²) >= 11 is 0. The van der Waals surface area contributed by atoms with E-state index in [0.29, 0.717) is 0 Å². The maximum absolute atomic E-state index is 6.47. The van der Waals surface area contributed by atoms with Crippen molar-refractivity contribution in [2.75, 3.05) is 0 Å². The van der Waals surface area contributed by atoms with Gasteiger partial charge in [-0.25, -0.2) is 0 Å². The van der Waals surface area contributed by atoms with Crippen molar-refractivity contribution in [1.82, 2.24) is 0 Å². The van der Waals surface area contributed by atoms with Crippen LogP contribution in [-0.4, -0.2) is 0 Å². The lowest BCUT2D eigenvalue weighted by Gasteiger charge is -2.14. The zero-order valence-electron chi connectivity index (χ0n) is 15.5. The average Bonchev–Trinajstić information content (AvgIpc) is 2.62. The van der Waals surface area contributed by atoms with Crippen molar-refractivity contribution in [3.63, 3.8) is 0 Å². The average molecular weight is 326 g/mol. The van der Waals surface area contributed by atoms with Crippen LogP contribution in [0.3, 0.4) is 0 Å². The molecule has 1 heteroatoms. The van der Waals surface area contributed by atoms with Gasteiger partial charge in [0.05, 0.1) is 0 Å². The molecule has 0 spiro atoms. The number of benzene rings is 2. The highest BCUT2D eigenvalue weighted by Gasteiger charge is 2.09. The molecule has 2 rings (SSSR count). The Kier molecular flexibility index (Phi) is 8.91. The Morgan fingerprint density at radius 1 is 0.708 bits per heavy atom. The maximum Gasteiger partial charge on any atom is 0.0301 e. The standard InChI is InChI=1S/C23H35N/c1-2-3-4-5-6-7-8-9-10-11-19-23(24)22-18-14-16-20-15-12-13-17-21(20)22/h12-18,23H,2-11,19,24H2,1H3. The summed E-state index contributed by atoms with van der Waals surface area (Å²) in [5, 5.41) is 2.62. The maximum atomic E-state index is 6.47. The molecule has 2 N–H and O–H groups in total. The molecule has 1 atom stereocenters. The monoisotopic (exact) mass is 325 g/mol. The normalized spacial score (nSPS) is 12.6. The third kappa shape index (κ3) is 6.28. The van der Waals surface area contributed by atoms with Gasteiger partial charge in [0, 0.05) is 6.04 Å². The van der Waals surface area contributed by atoms with Gasteiger partial charge >= 0.3 is 0 Å². The second-order valence-electron chi connectivity index (χ2n) is 7.15. The van der Waals surface area contributed by atoms with E-state index in [9.17, 15) is 0 Å². The minimum atomic E-state index is 0.171. The van der Waals surface area contributed by atoms with E-state index in [2.05, 4.69) is 49.4 Å². The molecule has 0 aliphatic heterocycles. The third-order valence-corrected chi connectivity index (χ3v) is 5.09. The molecule has 0 saturated carbocycles. The van der Waals surface area contributed by atoms with Crippen LogP contribution >= 0.6 is 0 Å². The summed E-state index contributed by atoms with van der Waals surface area (Å²) in [6, 6.07) is 15.3. The molecule has 0 fully saturated rings. The molecule has 0 bridgehead atoms. The molecule has 2 aromatic carbocycles. The van der Waals surface area contributed by atoms with Gasteiger partial charge in [0.1, 0.15) is 0 Å². The van der Waals surface area contributed by atoms with Crippen LogP contribution in [0, 0.1) is 0 Å². The van der Waals surface area contributed by atoms with Crippen molar-refractivity contribution >= 4 is 10.8 Å². The fraction of sp³-hybridized carbons (Fsp3) is 0.565. The second kappa shape index (κ2) is 11.3. The van der Waals surface area contributed by atoms with Crippen LogP contribution in [0.2, 0.25) is 0 Å². The van der Waals surface area contributed by atoms with E-state index in [1.807, 2.05) is 0 Å². The van der Waals surface area contributed by atoms with E-state index in [0.717, 1.165) is 6.42 Å². The van der Waals surface area contributed by atoms with Crippen molar-refractivity contribution < 1.29 is 0 Å². The SMILES string of the molecule is CCCCCCCCCCCCC(N)c1cccc2ccccc12. The number of rotatable bonds is 12. The van der Waals surface area contributed by atoms with Gasteiger partial charge < -0.3 is 5.73 Å². The number of nitrogens with two attached hydrogens (primary N) is 1. The van der Waals surface area contributed by atoms with E-state index in [1.54, 1.807) is 0 Å². The fourth-order valence-corrected chi connectivity index (χ4v) is 3.58. The largest absolute Gasteiger partial charge is 0.324 e. The lowest BCUT2D eigenvalue weighted by Crippen LogP contribution is -2.10. The van der Waals surface area contributed by atoms with Crippen molar-refractivity contribution in [3.8, 4) is 0 Å². The Bertz CT molecular complexity index is 570. The molecule has 132 valence electrons. The molecule has 1 nitrogen and oxygen atoms in total. The van der Waals surface area contributed by atoms with Gasteiger partial charge in [0.2, 0.25) is 0 Å². The van der Waals surface area contributed by atoms with Crippen LogP contribution in [0.15, 0.2) is 42.5 Å². The zero-order valence-corrected chi connectivity index (χ0v) is 15.5. The van der Waals surface area contributed by atoms with Crippen molar-refractivity contribution in [2.24, 2.45) is 5.73 Å². The molecule has 2 aromatic rings. The van der Waals surface area contributed by atoms with Gasteiger partial charge in [-0.3, -0.25) is 0 Å². The minimum absolute atomic E-state index is 0.171. The molecule has 0 saturated heterocycles. The number of unbranched alkanes of at least 4 members (excludes halogenated alkanes) is 9. The summed E-state index contributed by atoms with van der Waals surface area (Å²) in [5.74, 6) is 0. The molecule has 0 radical (unpaired) electrons. The fourth-order valence-electron chi connectivity index (χ4n) is 3.58. The van der Waals surface area contributed by atoms with Crippen LogP contribution in [-0.2, 0) is 0 Å². The molecular weight excluding hydrogens is 290 g/mol. The lowest BCUT2D eigenvalue weighted by molar-refractivity contribution is 0.530. The van der Waals surface area contributed by atoms with Gasteiger partial charge in [0.15, 0.2) is 0 Å². The van der Waals surface area contributed by atoms with Gasteiger partial charge in [-0.2, -0.15) is 0 Å². The van der Waals surface area contributed by atoms with Crippen LogP contribution in [0.5, 0.6) is 0 Å². The Hall–Kier alpha value is -1.34. The quantitative estimate of drug-likeness (QED) is 0.412. The number of hydrogen-bond acceptors (Lipinski definition) is 1. The number of hydrogen-bond donors (Lipinski definition) is 1. The van der Waals surface area contributed by atoms with Crippen LogP contribution in [0.4, 0.5) is 0 Å². The molecule has 1 unspecified atom stereocenters. The Balaban J connectivity index is 1.62. The predicted molar refractivity (Wildman–Crippen MR) is 107 cm³/mol. The number of fused-ring (bicyclic) bond motifs is 1. The van der Waals surface area contributed by atoms with Gasteiger partial charge in [-0.1, -0.05) is 114 Å². The second-order valence-corrected chi connectivity index (χ2v) is 7.15. The van der Waals surface area contributed by atoms with Crippen LogP contribution in [0.1, 0.15) is 89.2 Å². The van der Waals surface area contributed by atoms with E-state index in [-0.39, 0.29) is 6.04 Å². The lowest BCUT2D eigenvalue weighted by atomic mass is 9.95. The highest BCUT2D eigenvalue weighted by Crippen LogP contribution is 2.26. The van der Waals surface area contributed by atoms with E-state index < -0.39 is 0 Å².